The number of aromatic nitrogens is 2. The summed E-state index contributed by atoms with van der Waals surface area (Å²) in [6.07, 6.45) is 3.44. The minimum Gasteiger partial charge on any atom is -0.507 e. The van der Waals surface area contributed by atoms with Crippen molar-refractivity contribution in [2.75, 3.05) is 69.6 Å². The number of carbonyl (C=O) groups excluding carboxylic acids is 2. The summed E-state index contributed by atoms with van der Waals surface area (Å²) in [7, 11) is 1.82. The van der Waals surface area contributed by atoms with Gasteiger partial charge in [0.1, 0.15) is 11.4 Å². The Labute approximate surface area is 248 Å². The fourth-order valence-electron chi connectivity index (χ4n) is 6.30. The van der Waals surface area contributed by atoms with Crippen LogP contribution in [0.25, 0.3) is 11.3 Å². The van der Waals surface area contributed by atoms with Crippen LogP contribution < -0.4 is 10.2 Å². The van der Waals surface area contributed by atoms with Gasteiger partial charge < -0.3 is 34.8 Å². The molecule has 11 nitrogen and oxygen atoms in total. The highest BCUT2D eigenvalue weighted by Gasteiger charge is 2.35. The van der Waals surface area contributed by atoms with Crippen LogP contribution in [0.2, 0.25) is 0 Å². The van der Waals surface area contributed by atoms with Crippen molar-refractivity contribution in [2.45, 2.75) is 58.1 Å². The van der Waals surface area contributed by atoms with Gasteiger partial charge in [-0.15, -0.1) is 10.2 Å². The van der Waals surface area contributed by atoms with Crippen molar-refractivity contribution in [3.8, 4) is 17.0 Å². The van der Waals surface area contributed by atoms with E-state index >= 15 is 0 Å². The molecule has 5 rings (SSSR count). The number of para-hydroxylation sites is 1. The molecule has 2 aromatic rings. The van der Waals surface area contributed by atoms with E-state index in [1.54, 1.807) is 12.1 Å². The summed E-state index contributed by atoms with van der Waals surface area (Å²) >= 11 is 0. The Morgan fingerprint density at radius 2 is 1.57 bits per heavy atom. The van der Waals surface area contributed by atoms with Gasteiger partial charge >= 0.3 is 6.09 Å². The van der Waals surface area contributed by atoms with E-state index in [0.29, 0.717) is 49.3 Å². The highest BCUT2D eigenvalue weighted by Crippen LogP contribution is 2.33. The van der Waals surface area contributed by atoms with Crippen molar-refractivity contribution in [3.05, 3.63) is 30.3 Å². The predicted octanol–water partition coefficient (Wildman–Crippen LogP) is 3.65. The molecule has 3 aliphatic rings. The molecule has 3 aliphatic heterocycles. The summed E-state index contributed by atoms with van der Waals surface area (Å²) in [6, 6.07) is 9.55. The Morgan fingerprint density at radius 1 is 0.905 bits per heavy atom. The first-order valence-electron chi connectivity index (χ1n) is 15.2. The first-order chi connectivity index (χ1) is 20.1. The molecule has 1 aromatic heterocycles. The van der Waals surface area contributed by atoms with E-state index < -0.39 is 5.60 Å². The summed E-state index contributed by atoms with van der Waals surface area (Å²) in [5.74, 6) is 1.18. The van der Waals surface area contributed by atoms with Crippen LogP contribution >= 0.6 is 0 Å². The zero-order chi connectivity index (χ0) is 29.9. The fraction of sp³-hybridized carbons (Fsp3) is 0.613. The number of aromatic hydroxyl groups is 1. The number of ether oxygens (including phenoxy) is 1. The number of nitrogens with zero attached hydrogens (tertiary/aromatic N) is 6. The minimum atomic E-state index is -0.475. The molecule has 0 radical (unpaired) electrons. The lowest BCUT2D eigenvalue weighted by Gasteiger charge is -2.43. The Hall–Kier alpha value is -3.60. The maximum Gasteiger partial charge on any atom is 0.410 e. The highest BCUT2D eigenvalue weighted by atomic mass is 16.6. The molecule has 11 heteroatoms. The van der Waals surface area contributed by atoms with E-state index in [1.165, 1.54) is 0 Å². The van der Waals surface area contributed by atoms with E-state index in [9.17, 15) is 14.7 Å². The van der Waals surface area contributed by atoms with Gasteiger partial charge in [-0.05, 0) is 77.7 Å². The van der Waals surface area contributed by atoms with Crippen molar-refractivity contribution >= 4 is 23.5 Å². The summed E-state index contributed by atoms with van der Waals surface area (Å²) in [5.41, 5.74) is 1.70. The van der Waals surface area contributed by atoms with Crippen molar-refractivity contribution < 1.29 is 19.4 Å². The van der Waals surface area contributed by atoms with Crippen LogP contribution in [-0.4, -0.2) is 113 Å². The predicted molar refractivity (Wildman–Crippen MR) is 163 cm³/mol. The van der Waals surface area contributed by atoms with Gasteiger partial charge in [0.25, 0.3) is 0 Å². The lowest BCUT2D eigenvalue weighted by molar-refractivity contribution is -0.137. The number of piperazine rings is 1. The van der Waals surface area contributed by atoms with Gasteiger partial charge in [-0.3, -0.25) is 4.79 Å². The van der Waals surface area contributed by atoms with Crippen molar-refractivity contribution in [2.24, 2.45) is 5.92 Å². The summed E-state index contributed by atoms with van der Waals surface area (Å²) in [5, 5.41) is 22.1. The quantitative estimate of drug-likeness (QED) is 0.548. The third-order valence-corrected chi connectivity index (χ3v) is 8.63. The number of carbonyl (C=O) groups is 2. The molecule has 0 spiro atoms. The third kappa shape index (κ3) is 6.88. The monoisotopic (exact) mass is 579 g/mol. The second-order valence-corrected chi connectivity index (χ2v) is 12.6. The van der Waals surface area contributed by atoms with Gasteiger partial charge in [-0.2, -0.15) is 0 Å². The number of nitrogens with one attached hydrogen (secondary N) is 1. The van der Waals surface area contributed by atoms with E-state index in [1.807, 2.05) is 55.8 Å². The molecule has 0 bridgehead atoms. The first-order valence-corrected chi connectivity index (χ1v) is 15.2. The SMILES string of the molecule is CNc1nnc(-c2ccccc2O)cc1N1CCN(C(=O)C2CCN(C3CCN(C(=O)OC(C)(C)C)CC3)CC2)CC1. The topological polar surface area (TPSA) is 114 Å². The van der Waals surface area contributed by atoms with E-state index in [4.69, 9.17) is 4.74 Å². The standard InChI is InChI=1S/C31H45N7O4/c1-31(2,3)42-30(41)38-15-11-23(12-16-38)35-13-9-22(10-14-35)29(40)37-19-17-36(18-20-37)26-21-25(33-34-28(26)32-4)24-7-5-6-8-27(24)39/h5-8,21-23,39H,9-20H2,1-4H3,(H,32,34). The van der Waals surface area contributed by atoms with Gasteiger partial charge in [-0.25, -0.2) is 4.79 Å². The zero-order valence-electron chi connectivity index (χ0n) is 25.4. The molecule has 228 valence electrons. The van der Waals surface area contributed by atoms with Gasteiger partial charge in [0.15, 0.2) is 5.82 Å². The van der Waals surface area contributed by atoms with Crippen molar-refractivity contribution in [1.82, 2.24) is 24.9 Å². The molecule has 0 atom stereocenters. The van der Waals surface area contributed by atoms with Crippen LogP contribution in [0.3, 0.4) is 0 Å². The van der Waals surface area contributed by atoms with E-state index in [-0.39, 0.29) is 23.7 Å². The Balaban J connectivity index is 1.10. The molecule has 2 N–H and O–H groups in total. The Kier molecular flexibility index (Phi) is 9.05. The molecular weight excluding hydrogens is 534 g/mol. The van der Waals surface area contributed by atoms with Crippen LogP contribution in [0.1, 0.15) is 46.5 Å². The number of amides is 2. The molecule has 42 heavy (non-hydrogen) atoms. The summed E-state index contributed by atoms with van der Waals surface area (Å²) in [6.45, 7) is 11.7. The number of anilines is 2. The van der Waals surface area contributed by atoms with Crippen LogP contribution in [0, 0.1) is 5.92 Å². The van der Waals surface area contributed by atoms with Crippen LogP contribution in [0.5, 0.6) is 5.75 Å². The molecular formula is C31H45N7O4. The van der Waals surface area contributed by atoms with Gasteiger partial charge in [0.2, 0.25) is 5.91 Å². The smallest absolute Gasteiger partial charge is 0.410 e. The highest BCUT2D eigenvalue weighted by molar-refractivity contribution is 5.80. The average molecular weight is 580 g/mol. The molecule has 3 saturated heterocycles. The molecule has 2 amide bonds. The molecule has 3 fully saturated rings. The Morgan fingerprint density at radius 3 is 2.19 bits per heavy atom. The van der Waals surface area contributed by atoms with Crippen LogP contribution in [0.15, 0.2) is 30.3 Å². The number of hydrogen-bond acceptors (Lipinski definition) is 9. The van der Waals surface area contributed by atoms with Gasteiger partial charge in [0, 0.05) is 63.8 Å². The first kappa shape index (κ1) is 29.9. The molecule has 1 aromatic carbocycles. The van der Waals surface area contributed by atoms with Gasteiger partial charge in [0.05, 0.1) is 11.4 Å². The molecule has 0 unspecified atom stereocenters. The Bertz CT molecular complexity index is 1240. The molecule has 0 saturated carbocycles. The number of phenolic OH excluding ortho intramolecular Hbond substituents is 1. The fourth-order valence-corrected chi connectivity index (χ4v) is 6.30. The second kappa shape index (κ2) is 12.7. The zero-order valence-corrected chi connectivity index (χ0v) is 25.4. The average Bonchev–Trinajstić information content (AvgIpc) is 3.00. The van der Waals surface area contributed by atoms with E-state index in [2.05, 4.69) is 25.3 Å². The van der Waals surface area contributed by atoms with Crippen molar-refractivity contribution in [3.63, 3.8) is 0 Å². The number of hydrogen-bond donors (Lipinski definition) is 2. The maximum atomic E-state index is 13.5. The van der Waals surface area contributed by atoms with Crippen LogP contribution in [0.4, 0.5) is 16.3 Å². The summed E-state index contributed by atoms with van der Waals surface area (Å²) in [4.78, 5) is 34.5. The maximum absolute atomic E-state index is 13.5. The number of rotatable bonds is 5. The van der Waals surface area contributed by atoms with Crippen LogP contribution in [-0.2, 0) is 9.53 Å². The number of piperidine rings is 2. The van der Waals surface area contributed by atoms with Crippen molar-refractivity contribution in [1.29, 1.82) is 0 Å². The lowest BCUT2D eigenvalue weighted by atomic mass is 9.92. The second-order valence-electron chi connectivity index (χ2n) is 12.6. The molecule has 0 aliphatic carbocycles. The van der Waals surface area contributed by atoms with Gasteiger partial charge in [-0.1, -0.05) is 12.1 Å². The summed E-state index contributed by atoms with van der Waals surface area (Å²) < 4.78 is 5.54. The number of phenols is 1. The largest absolute Gasteiger partial charge is 0.507 e. The lowest BCUT2D eigenvalue weighted by Crippen LogP contribution is -2.53. The minimum absolute atomic E-state index is 0.0674. The third-order valence-electron chi connectivity index (χ3n) is 8.63. The normalized spacial score (nSPS) is 19.6. The number of likely N-dealkylation sites (tertiary alicyclic amines) is 2. The molecule has 4 heterocycles. The number of benzene rings is 1. The van der Waals surface area contributed by atoms with E-state index in [0.717, 1.165) is 57.5 Å².